The number of hydrogen-bond donors (Lipinski definition) is 2. The molecule has 146 valence electrons. The number of furan rings is 1. The number of ether oxygens (including phenoxy) is 2. The van der Waals surface area contributed by atoms with E-state index in [9.17, 15) is 4.79 Å². The van der Waals surface area contributed by atoms with Gasteiger partial charge in [-0.05, 0) is 40.8 Å². The molecular formula is C18H15N7O4. The highest BCUT2D eigenvalue weighted by atomic mass is 16.5. The molecule has 1 atom stereocenters. The average molecular weight is 393 g/mol. The Hall–Kier alpha value is -4.15. The van der Waals surface area contributed by atoms with Crippen molar-refractivity contribution < 1.29 is 13.9 Å². The van der Waals surface area contributed by atoms with Gasteiger partial charge in [0.2, 0.25) is 5.95 Å². The Kier molecular flexibility index (Phi) is 3.79. The quantitative estimate of drug-likeness (QED) is 0.468. The molecule has 2 N–H and O–H groups in total. The molecule has 5 rings (SSSR count). The first-order valence-electron chi connectivity index (χ1n) is 8.64. The molecule has 1 aromatic carbocycles. The second-order valence-corrected chi connectivity index (χ2v) is 6.25. The van der Waals surface area contributed by atoms with Gasteiger partial charge in [-0.3, -0.25) is 4.79 Å². The molecule has 0 saturated heterocycles. The van der Waals surface area contributed by atoms with E-state index in [1.807, 2.05) is 6.07 Å². The molecule has 29 heavy (non-hydrogen) atoms. The number of aromatic amines is 1. The Labute approximate surface area is 163 Å². The highest BCUT2D eigenvalue weighted by Gasteiger charge is 2.36. The summed E-state index contributed by atoms with van der Waals surface area (Å²) in [5.41, 5.74) is 1.72. The molecule has 11 nitrogen and oxygen atoms in total. The highest BCUT2D eigenvalue weighted by molar-refractivity contribution is 5.76. The standard InChI is InChI=1S/C18H15N7O4/c1-27-10-6-5-9(8-12(10)28-2)14-13-15(17(26)21-20-14)19-18-22-23-24-25(18)16(13)11-4-3-7-29-11/h3-8,16H,1-2H3,(H,21,26)(H,19,22,24)/t16-/m1/s1. The summed E-state index contributed by atoms with van der Waals surface area (Å²) in [7, 11) is 3.12. The number of tetrazole rings is 1. The van der Waals surface area contributed by atoms with Crippen molar-refractivity contribution in [2.24, 2.45) is 0 Å². The van der Waals surface area contributed by atoms with Crippen LogP contribution in [-0.2, 0) is 0 Å². The van der Waals surface area contributed by atoms with Crippen molar-refractivity contribution in [2.75, 3.05) is 19.5 Å². The summed E-state index contributed by atoms with van der Waals surface area (Å²) in [6, 6.07) is 8.37. The van der Waals surface area contributed by atoms with Gasteiger partial charge in [-0.2, -0.15) is 9.78 Å². The minimum Gasteiger partial charge on any atom is -0.493 e. The van der Waals surface area contributed by atoms with Crippen LogP contribution in [0.1, 0.15) is 17.4 Å². The van der Waals surface area contributed by atoms with Crippen molar-refractivity contribution in [1.82, 2.24) is 30.4 Å². The molecule has 4 heterocycles. The smallest absolute Gasteiger partial charge is 0.288 e. The van der Waals surface area contributed by atoms with Crippen LogP contribution in [0.3, 0.4) is 0 Å². The van der Waals surface area contributed by atoms with Gasteiger partial charge in [0.25, 0.3) is 5.56 Å². The molecule has 0 unspecified atom stereocenters. The number of anilines is 2. The van der Waals surface area contributed by atoms with Crippen LogP contribution in [0.4, 0.5) is 11.6 Å². The highest BCUT2D eigenvalue weighted by Crippen LogP contribution is 2.42. The van der Waals surface area contributed by atoms with Gasteiger partial charge >= 0.3 is 0 Å². The summed E-state index contributed by atoms with van der Waals surface area (Å²) in [6.45, 7) is 0. The summed E-state index contributed by atoms with van der Waals surface area (Å²) < 4.78 is 17.9. The van der Waals surface area contributed by atoms with Crippen LogP contribution in [0.25, 0.3) is 11.3 Å². The van der Waals surface area contributed by atoms with Gasteiger partial charge in [0.1, 0.15) is 17.5 Å². The molecule has 0 bridgehead atoms. The Morgan fingerprint density at radius 3 is 2.79 bits per heavy atom. The fourth-order valence-corrected chi connectivity index (χ4v) is 3.45. The van der Waals surface area contributed by atoms with Crippen LogP contribution in [0.5, 0.6) is 11.5 Å². The molecule has 0 amide bonds. The predicted octanol–water partition coefficient (Wildman–Crippen LogP) is 1.73. The maximum absolute atomic E-state index is 12.6. The molecule has 4 aromatic rings. The van der Waals surface area contributed by atoms with Crippen molar-refractivity contribution in [3.63, 3.8) is 0 Å². The van der Waals surface area contributed by atoms with E-state index >= 15 is 0 Å². The van der Waals surface area contributed by atoms with E-state index in [-0.39, 0.29) is 0 Å². The number of nitrogens with one attached hydrogen (secondary N) is 2. The van der Waals surface area contributed by atoms with E-state index < -0.39 is 11.6 Å². The number of benzene rings is 1. The summed E-state index contributed by atoms with van der Waals surface area (Å²) in [5, 5.41) is 21.6. The lowest BCUT2D eigenvalue weighted by Gasteiger charge is -2.26. The summed E-state index contributed by atoms with van der Waals surface area (Å²) in [5.74, 6) is 2.01. The normalized spacial score (nSPS) is 14.6. The van der Waals surface area contributed by atoms with Crippen molar-refractivity contribution in [3.8, 4) is 22.8 Å². The molecule has 3 aromatic heterocycles. The van der Waals surface area contributed by atoms with E-state index in [4.69, 9.17) is 13.9 Å². The number of H-pyrrole nitrogens is 1. The Morgan fingerprint density at radius 1 is 1.17 bits per heavy atom. The molecule has 0 saturated carbocycles. The minimum absolute atomic E-state index is 0.300. The molecule has 1 aliphatic heterocycles. The Bertz CT molecular complexity index is 1250. The maximum Gasteiger partial charge on any atom is 0.288 e. The average Bonchev–Trinajstić information content (AvgIpc) is 3.44. The molecule has 0 fully saturated rings. The van der Waals surface area contributed by atoms with E-state index in [1.165, 1.54) is 0 Å². The number of fused-ring (bicyclic) bond motifs is 2. The first-order valence-corrected chi connectivity index (χ1v) is 8.64. The van der Waals surface area contributed by atoms with Crippen LogP contribution in [0.15, 0.2) is 45.8 Å². The Morgan fingerprint density at radius 2 is 2.03 bits per heavy atom. The number of methoxy groups -OCH3 is 2. The van der Waals surface area contributed by atoms with Crippen LogP contribution in [-0.4, -0.2) is 44.6 Å². The van der Waals surface area contributed by atoms with Crippen molar-refractivity contribution in [3.05, 3.63) is 58.3 Å². The van der Waals surface area contributed by atoms with Crippen LogP contribution in [0, 0.1) is 0 Å². The molecule has 0 spiro atoms. The molecule has 11 heteroatoms. The lowest BCUT2D eigenvalue weighted by Crippen LogP contribution is -2.28. The van der Waals surface area contributed by atoms with E-state index in [1.54, 1.807) is 49.4 Å². The fourth-order valence-electron chi connectivity index (χ4n) is 3.45. The first-order chi connectivity index (χ1) is 14.2. The van der Waals surface area contributed by atoms with Gasteiger partial charge < -0.3 is 19.2 Å². The molecule has 0 radical (unpaired) electrons. The lowest BCUT2D eigenvalue weighted by molar-refractivity contribution is 0.355. The van der Waals surface area contributed by atoms with E-state index in [0.717, 1.165) is 0 Å². The first kappa shape index (κ1) is 17.0. The van der Waals surface area contributed by atoms with Gasteiger partial charge in [-0.25, -0.2) is 5.10 Å². The fraction of sp³-hybridized carbons (Fsp3) is 0.167. The third-order valence-corrected chi connectivity index (χ3v) is 4.74. The zero-order chi connectivity index (χ0) is 20.0. The van der Waals surface area contributed by atoms with Crippen molar-refractivity contribution >= 4 is 11.6 Å². The van der Waals surface area contributed by atoms with Crippen LogP contribution in [0.2, 0.25) is 0 Å². The van der Waals surface area contributed by atoms with Crippen molar-refractivity contribution in [1.29, 1.82) is 0 Å². The van der Waals surface area contributed by atoms with E-state index in [0.29, 0.717) is 45.7 Å². The van der Waals surface area contributed by atoms with Crippen LogP contribution < -0.4 is 20.3 Å². The third kappa shape index (κ3) is 2.55. The van der Waals surface area contributed by atoms with Gasteiger partial charge in [0.05, 0.1) is 26.2 Å². The van der Waals surface area contributed by atoms with E-state index in [2.05, 4.69) is 31.0 Å². The topological polar surface area (TPSA) is 133 Å². The largest absolute Gasteiger partial charge is 0.493 e. The van der Waals surface area contributed by atoms with Crippen LogP contribution >= 0.6 is 0 Å². The number of rotatable bonds is 4. The zero-order valence-electron chi connectivity index (χ0n) is 15.4. The summed E-state index contributed by atoms with van der Waals surface area (Å²) >= 11 is 0. The number of hydrogen-bond acceptors (Lipinski definition) is 9. The van der Waals surface area contributed by atoms with Gasteiger partial charge in [0.15, 0.2) is 11.5 Å². The second-order valence-electron chi connectivity index (χ2n) is 6.25. The Balaban J connectivity index is 1.78. The minimum atomic E-state index is -0.579. The molecular weight excluding hydrogens is 378 g/mol. The lowest BCUT2D eigenvalue weighted by atomic mass is 9.96. The monoisotopic (exact) mass is 393 g/mol. The van der Waals surface area contributed by atoms with Gasteiger partial charge in [-0.1, -0.05) is 5.10 Å². The number of nitrogens with zero attached hydrogens (tertiary/aromatic N) is 5. The SMILES string of the molecule is COc1ccc(-c2n[nH]c(=O)c3c2[C@@H](c2ccco2)n2nnnc2N3)cc1OC. The second kappa shape index (κ2) is 6.48. The third-order valence-electron chi connectivity index (χ3n) is 4.74. The zero-order valence-corrected chi connectivity index (χ0v) is 15.4. The predicted molar refractivity (Wildman–Crippen MR) is 100 cm³/mol. The molecule has 1 aliphatic rings. The van der Waals surface area contributed by atoms with Gasteiger partial charge in [0, 0.05) is 11.1 Å². The van der Waals surface area contributed by atoms with Crippen molar-refractivity contribution in [2.45, 2.75) is 6.04 Å². The molecule has 0 aliphatic carbocycles. The summed E-state index contributed by atoms with van der Waals surface area (Å²) in [4.78, 5) is 12.6. The summed E-state index contributed by atoms with van der Waals surface area (Å²) in [6.07, 6.45) is 1.55. The maximum atomic E-state index is 12.6. The van der Waals surface area contributed by atoms with Gasteiger partial charge in [-0.15, -0.1) is 0 Å². The number of aromatic nitrogens is 6.